The van der Waals surface area contributed by atoms with Crippen LogP contribution >= 0.6 is 0 Å². The van der Waals surface area contributed by atoms with Crippen LogP contribution in [0.4, 0.5) is 5.69 Å². The van der Waals surface area contributed by atoms with Gasteiger partial charge in [0.2, 0.25) is 5.91 Å². The molecule has 0 aliphatic heterocycles. The predicted octanol–water partition coefficient (Wildman–Crippen LogP) is 3.17. The van der Waals surface area contributed by atoms with Crippen molar-refractivity contribution >= 4 is 11.6 Å². The van der Waals surface area contributed by atoms with Gasteiger partial charge in [0.1, 0.15) is 0 Å². The van der Waals surface area contributed by atoms with Gasteiger partial charge in [0, 0.05) is 18.7 Å². The average Bonchev–Trinajstić information content (AvgIpc) is 3.01. The molecule has 2 saturated carbocycles. The molecule has 20 heavy (non-hydrogen) atoms. The van der Waals surface area contributed by atoms with Gasteiger partial charge in [0.05, 0.1) is 0 Å². The van der Waals surface area contributed by atoms with E-state index < -0.39 is 0 Å². The summed E-state index contributed by atoms with van der Waals surface area (Å²) in [5.74, 6) is 2.55. The zero-order valence-electron chi connectivity index (χ0n) is 12.2. The number of amides is 1. The van der Waals surface area contributed by atoms with Gasteiger partial charge in [-0.05, 0) is 61.8 Å². The quantitative estimate of drug-likeness (QED) is 0.864. The highest BCUT2D eigenvalue weighted by Gasteiger charge is 2.40. The van der Waals surface area contributed by atoms with Crippen molar-refractivity contribution in [1.29, 1.82) is 0 Å². The van der Waals surface area contributed by atoms with Gasteiger partial charge in [-0.25, -0.2) is 0 Å². The second-order valence-corrected chi connectivity index (χ2v) is 6.42. The minimum absolute atomic E-state index is 0.184. The van der Waals surface area contributed by atoms with Crippen LogP contribution in [-0.2, 0) is 11.3 Å². The minimum Gasteiger partial charge on any atom is -0.326 e. The molecular formula is C17H24N2O. The summed E-state index contributed by atoms with van der Waals surface area (Å²) in [6, 6.07) is 8.09. The van der Waals surface area contributed by atoms with E-state index in [2.05, 4.69) is 22.8 Å². The molecule has 0 heterocycles. The molecule has 2 fully saturated rings. The van der Waals surface area contributed by atoms with Crippen molar-refractivity contribution < 1.29 is 4.79 Å². The number of anilines is 1. The highest BCUT2D eigenvalue weighted by atomic mass is 16.1. The molecule has 3 nitrogen and oxygen atoms in total. The summed E-state index contributed by atoms with van der Waals surface area (Å²) < 4.78 is 0. The van der Waals surface area contributed by atoms with Crippen LogP contribution in [0.3, 0.4) is 0 Å². The van der Waals surface area contributed by atoms with Crippen LogP contribution in [0.1, 0.15) is 37.7 Å². The molecule has 1 amide bonds. The Balaban J connectivity index is 1.54. The lowest BCUT2D eigenvalue weighted by molar-refractivity contribution is -0.117. The lowest BCUT2D eigenvalue weighted by atomic mass is 9.86. The Morgan fingerprint density at radius 2 is 2.20 bits per heavy atom. The van der Waals surface area contributed by atoms with Gasteiger partial charge in [-0.15, -0.1) is 0 Å². The standard InChI is InChI=1S/C17H24N2O/c1-18-11-13-3-2-4-16(9-13)19-17(20)10-15-8-12-5-6-14(15)7-12/h2-4,9,12,14-15,18H,5-8,10-11H2,1H3,(H,19,20). The van der Waals surface area contributed by atoms with E-state index in [-0.39, 0.29) is 5.91 Å². The molecular weight excluding hydrogens is 248 g/mol. The number of hydrogen-bond acceptors (Lipinski definition) is 2. The predicted molar refractivity (Wildman–Crippen MR) is 81.4 cm³/mol. The Kier molecular flexibility index (Phi) is 4.06. The lowest BCUT2D eigenvalue weighted by Gasteiger charge is -2.21. The van der Waals surface area contributed by atoms with Gasteiger partial charge in [-0.2, -0.15) is 0 Å². The maximum absolute atomic E-state index is 12.2. The van der Waals surface area contributed by atoms with Crippen LogP contribution in [0.2, 0.25) is 0 Å². The van der Waals surface area contributed by atoms with Crippen molar-refractivity contribution in [2.75, 3.05) is 12.4 Å². The summed E-state index contributed by atoms with van der Waals surface area (Å²) in [6.45, 7) is 0.829. The molecule has 108 valence electrons. The maximum Gasteiger partial charge on any atom is 0.224 e. The highest BCUT2D eigenvalue weighted by molar-refractivity contribution is 5.90. The Bertz CT molecular complexity index is 486. The normalized spacial score (nSPS) is 27.8. The van der Waals surface area contributed by atoms with Gasteiger partial charge < -0.3 is 10.6 Å². The first-order chi connectivity index (χ1) is 9.74. The molecule has 0 saturated heterocycles. The van der Waals surface area contributed by atoms with Crippen molar-refractivity contribution in [2.45, 2.75) is 38.6 Å². The van der Waals surface area contributed by atoms with E-state index in [4.69, 9.17) is 0 Å². The Morgan fingerprint density at radius 3 is 2.90 bits per heavy atom. The number of carbonyl (C=O) groups excluding carboxylic acids is 1. The number of fused-ring (bicyclic) bond motifs is 2. The zero-order valence-corrected chi connectivity index (χ0v) is 12.2. The summed E-state index contributed by atoms with van der Waals surface area (Å²) in [7, 11) is 1.93. The number of rotatable bonds is 5. The summed E-state index contributed by atoms with van der Waals surface area (Å²) >= 11 is 0. The molecule has 3 atom stereocenters. The van der Waals surface area contributed by atoms with E-state index >= 15 is 0 Å². The third-order valence-corrected chi connectivity index (χ3v) is 4.92. The Morgan fingerprint density at radius 1 is 1.30 bits per heavy atom. The van der Waals surface area contributed by atoms with Gasteiger partial charge in [-0.3, -0.25) is 4.79 Å². The van der Waals surface area contributed by atoms with E-state index in [1.165, 1.54) is 31.2 Å². The van der Waals surface area contributed by atoms with Crippen LogP contribution in [0.25, 0.3) is 0 Å². The third-order valence-electron chi connectivity index (χ3n) is 4.92. The van der Waals surface area contributed by atoms with Crippen molar-refractivity contribution in [3.05, 3.63) is 29.8 Å². The molecule has 1 aromatic carbocycles. The fourth-order valence-corrected chi connectivity index (χ4v) is 4.04. The maximum atomic E-state index is 12.2. The molecule has 0 spiro atoms. The van der Waals surface area contributed by atoms with Crippen molar-refractivity contribution in [3.63, 3.8) is 0 Å². The molecule has 0 radical (unpaired) electrons. The molecule has 3 unspecified atom stereocenters. The van der Waals surface area contributed by atoms with Crippen LogP contribution in [0.15, 0.2) is 24.3 Å². The lowest BCUT2D eigenvalue weighted by Crippen LogP contribution is -2.20. The zero-order chi connectivity index (χ0) is 13.9. The Hall–Kier alpha value is -1.35. The second kappa shape index (κ2) is 5.96. The van der Waals surface area contributed by atoms with Crippen LogP contribution in [0, 0.1) is 17.8 Å². The number of nitrogens with one attached hydrogen (secondary N) is 2. The SMILES string of the molecule is CNCc1cccc(NC(=O)CC2CC3CCC2C3)c1. The van der Waals surface area contributed by atoms with E-state index in [0.717, 1.165) is 24.1 Å². The van der Waals surface area contributed by atoms with E-state index in [0.29, 0.717) is 12.3 Å². The van der Waals surface area contributed by atoms with E-state index in [1.54, 1.807) is 0 Å². The highest BCUT2D eigenvalue weighted by Crippen LogP contribution is 2.49. The Labute approximate surface area is 121 Å². The molecule has 2 aliphatic carbocycles. The molecule has 2 aliphatic rings. The fraction of sp³-hybridized carbons (Fsp3) is 0.588. The second-order valence-electron chi connectivity index (χ2n) is 6.42. The van der Waals surface area contributed by atoms with Gasteiger partial charge in [0.25, 0.3) is 0 Å². The number of carbonyl (C=O) groups is 1. The number of hydrogen-bond donors (Lipinski definition) is 2. The monoisotopic (exact) mass is 272 g/mol. The van der Waals surface area contributed by atoms with Gasteiger partial charge in [0.15, 0.2) is 0 Å². The third kappa shape index (κ3) is 3.04. The van der Waals surface area contributed by atoms with Crippen LogP contribution < -0.4 is 10.6 Å². The molecule has 2 bridgehead atoms. The van der Waals surface area contributed by atoms with Crippen molar-refractivity contribution in [1.82, 2.24) is 5.32 Å². The topological polar surface area (TPSA) is 41.1 Å². The summed E-state index contributed by atoms with van der Waals surface area (Å²) in [4.78, 5) is 12.2. The van der Waals surface area contributed by atoms with Crippen molar-refractivity contribution in [2.24, 2.45) is 17.8 Å². The van der Waals surface area contributed by atoms with E-state index in [1.807, 2.05) is 19.2 Å². The first-order valence-electron chi connectivity index (χ1n) is 7.78. The molecule has 0 aromatic heterocycles. The molecule has 1 aromatic rings. The largest absolute Gasteiger partial charge is 0.326 e. The number of benzene rings is 1. The first kappa shape index (κ1) is 13.6. The minimum atomic E-state index is 0.184. The van der Waals surface area contributed by atoms with Gasteiger partial charge >= 0.3 is 0 Å². The summed E-state index contributed by atoms with van der Waals surface area (Å²) in [5.41, 5.74) is 2.12. The summed E-state index contributed by atoms with van der Waals surface area (Å²) in [5, 5.41) is 6.19. The molecule has 3 heteroatoms. The summed E-state index contributed by atoms with van der Waals surface area (Å²) in [6.07, 6.45) is 6.10. The smallest absolute Gasteiger partial charge is 0.224 e. The van der Waals surface area contributed by atoms with E-state index in [9.17, 15) is 4.79 Å². The molecule has 3 rings (SSSR count). The van der Waals surface area contributed by atoms with Crippen LogP contribution in [-0.4, -0.2) is 13.0 Å². The first-order valence-corrected chi connectivity index (χ1v) is 7.78. The van der Waals surface area contributed by atoms with Gasteiger partial charge in [-0.1, -0.05) is 18.6 Å². The fourth-order valence-electron chi connectivity index (χ4n) is 4.04. The average molecular weight is 272 g/mol. The van der Waals surface area contributed by atoms with Crippen LogP contribution in [0.5, 0.6) is 0 Å². The molecule has 2 N–H and O–H groups in total. The van der Waals surface area contributed by atoms with Crippen molar-refractivity contribution in [3.8, 4) is 0 Å².